The Morgan fingerprint density at radius 2 is 2.00 bits per heavy atom. The minimum absolute atomic E-state index is 0.0990. The first kappa shape index (κ1) is 23.9. The molecule has 3 rings (SSSR count). The van der Waals surface area contributed by atoms with Crippen molar-refractivity contribution in [1.29, 1.82) is 0 Å². The van der Waals surface area contributed by atoms with E-state index in [1.165, 1.54) is 7.11 Å². The molecule has 31 heavy (non-hydrogen) atoms. The molecule has 0 unspecified atom stereocenters. The maximum absolute atomic E-state index is 13.5. The number of methoxy groups -OCH3 is 1. The number of ether oxygens (including phenoxy) is 2. The molecule has 0 aromatic rings. The number of likely N-dealkylation sites (N-methyl/N-ethyl adjacent to an activating group) is 1. The molecule has 0 aromatic heterocycles. The summed E-state index contributed by atoms with van der Waals surface area (Å²) in [6.45, 7) is 6.82. The number of Topliss-reactive ketones (excluding diaryl/α,β-unsaturated/α-hetero) is 1. The summed E-state index contributed by atoms with van der Waals surface area (Å²) in [4.78, 5) is 38.5. The Morgan fingerprint density at radius 1 is 1.29 bits per heavy atom. The van der Waals surface area contributed by atoms with Gasteiger partial charge in [-0.15, -0.1) is 0 Å². The second-order valence-electron chi connectivity index (χ2n) is 10.1. The number of hydrogen-bond donors (Lipinski definition) is 2. The molecule has 3 aliphatic rings. The normalized spacial score (nSPS) is 41.3. The lowest BCUT2D eigenvalue weighted by Gasteiger charge is -2.61. The van der Waals surface area contributed by atoms with Gasteiger partial charge in [0, 0.05) is 24.5 Å². The second kappa shape index (κ2) is 9.02. The summed E-state index contributed by atoms with van der Waals surface area (Å²) in [5.41, 5.74) is -0.368. The van der Waals surface area contributed by atoms with Crippen LogP contribution in [0.25, 0.3) is 0 Å². The average Bonchev–Trinajstić information content (AvgIpc) is 2.73. The van der Waals surface area contributed by atoms with Crippen LogP contribution < -0.4 is 5.32 Å². The predicted molar refractivity (Wildman–Crippen MR) is 115 cm³/mol. The molecular formula is C24H37NO6. The molecule has 3 fully saturated rings. The van der Waals surface area contributed by atoms with Gasteiger partial charge in [-0.25, -0.2) is 4.79 Å². The number of aliphatic hydroxyl groups excluding tert-OH is 1. The zero-order valence-corrected chi connectivity index (χ0v) is 19.4. The summed E-state index contributed by atoms with van der Waals surface area (Å²) in [6, 6.07) is 0. The molecule has 7 nitrogen and oxygen atoms in total. The van der Waals surface area contributed by atoms with E-state index in [1.807, 2.05) is 13.8 Å². The molecule has 0 heterocycles. The van der Waals surface area contributed by atoms with Gasteiger partial charge in [0.15, 0.2) is 5.78 Å². The van der Waals surface area contributed by atoms with Crippen LogP contribution in [0.2, 0.25) is 0 Å². The van der Waals surface area contributed by atoms with Crippen molar-refractivity contribution in [3.05, 3.63) is 11.6 Å². The highest BCUT2D eigenvalue weighted by Gasteiger charge is 2.66. The van der Waals surface area contributed by atoms with Gasteiger partial charge in [-0.3, -0.25) is 9.59 Å². The van der Waals surface area contributed by atoms with Crippen LogP contribution >= 0.6 is 0 Å². The van der Waals surface area contributed by atoms with Crippen molar-refractivity contribution in [2.45, 2.75) is 59.0 Å². The van der Waals surface area contributed by atoms with E-state index in [1.54, 1.807) is 13.1 Å². The number of rotatable bonds is 5. The fourth-order valence-electron chi connectivity index (χ4n) is 6.96. The molecule has 0 aliphatic heterocycles. The lowest BCUT2D eigenvalue weighted by Crippen LogP contribution is -2.65. The Labute approximate surface area is 184 Å². The smallest absolute Gasteiger partial charge is 0.330 e. The van der Waals surface area contributed by atoms with E-state index >= 15 is 0 Å². The van der Waals surface area contributed by atoms with Crippen LogP contribution in [0.15, 0.2) is 11.6 Å². The van der Waals surface area contributed by atoms with Crippen molar-refractivity contribution in [3.63, 3.8) is 0 Å². The van der Waals surface area contributed by atoms with Crippen LogP contribution in [0, 0.1) is 34.5 Å². The van der Waals surface area contributed by atoms with Gasteiger partial charge in [0.2, 0.25) is 0 Å². The van der Waals surface area contributed by atoms with Gasteiger partial charge in [0.1, 0.15) is 12.7 Å². The van der Waals surface area contributed by atoms with E-state index in [0.29, 0.717) is 19.6 Å². The monoisotopic (exact) mass is 435 g/mol. The first-order chi connectivity index (χ1) is 14.6. The fourth-order valence-corrected chi connectivity index (χ4v) is 6.96. The molecule has 0 spiro atoms. The molecule has 0 radical (unpaired) electrons. The van der Waals surface area contributed by atoms with E-state index in [4.69, 9.17) is 9.47 Å². The molecular weight excluding hydrogens is 398 g/mol. The first-order valence-corrected chi connectivity index (χ1v) is 11.4. The molecule has 7 heteroatoms. The minimum Gasteiger partial charge on any atom is -0.469 e. The molecule has 0 bridgehead atoms. The largest absolute Gasteiger partial charge is 0.469 e. The Bertz CT molecular complexity index is 763. The van der Waals surface area contributed by atoms with Crippen LogP contribution in [-0.4, -0.2) is 56.2 Å². The lowest BCUT2D eigenvalue weighted by molar-refractivity contribution is -0.193. The SMILES string of the molecule is CNCCOC(=O)C=C1CC[C@H]2[C@H]([C@H]1C)[C@@H](O)C(=O)[C@@H]1[C@]2(C)CCC[C@]1(C)C(=O)OC. The highest BCUT2D eigenvalue weighted by molar-refractivity contribution is 5.93. The van der Waals surface area contributed by atoms with Crippen molar-refractivity contribution in [3.8, 4) is 0 Å². The van der Waals surface area contributed by atoms with Crippen molar-refractivity contribution < 1.29 is 29.0 Å². The minimum atomic E-state index is -1.15. The summed E-state index contributed by atoms with van der Waals surface area (Å²) in [6.07, 6.45) is 4.18. The van der Waals surface area contributed by atoms with Gasteiger partial charge in [-0.2, -0.15) is 0 Å². The zero-order valence-electron chi connectivity index (χ0n) is 19.4. The Morgan fingerprint density at radius 3 is 2.65 bits per heavy atom. The second-order valence-corrected chi connectivity index (χ2v) is 10.1. The zero-order chi connectivity index (χ0) is 23.0. The molecule has 0 aromatic carbocycles. The lowest BCUT2D eigenvalue weighted by atomic mass is 9.42. The number of carbonyl (C=O) groups is 3. The van der Waals surface area contributed by atoms with Crippen molar-refractivity contribution in [2.75, 3.05) is 27.3 Å². The van der Waals surface area contributed by atoms with Crippen molar-refractivity contribution in [1.82, 2.24) is 5.32 Å². The average molecular weight is 436 g/mol. The Hall–Kier alpha value is -1.73. The molecule has 2 N–H and O–H groups in total. The van der Waals surface area contributed by atoms with Gasteiger partial charge in [-0.1, -0.05) is 25.8 Å². The molecule has 3 aliphatic carbocycles. The van der Waals surface area contributed by atoms with Gasteiger partial charge in [0.25, 0.3) is 0 Å². The van der Waals surface area contributed by atoms with Gasteiger partial charge in [0.05, 0.1) is 12.5 Å². The number of aliphatic hydroxyl groups is 1. The maximum Gasteiger partial charge on any atom is 0.330 e. The maximum atomic E-state index is 13.5. The number of esters is 2. The number of nitrogens with one attached hydrogen (secondary N) is 1. The van der Waals surface area contributed by atoms with Gasteiger partial charge < -0.3 is 19.9 Å². The summed E-state index contributed by atoms with van der Waals surface area (Å²) >= 11 is 0. The van der Waals surface area contributed by atoms with Crippen LogP contribution in [0.5, 0.6) is 0 Å². The molecule has 3 saturated carbocycles. The van der Waals surface area contributed by atoms with Crippen LogP contribution in [-0.2, 0) is 23.9 Å². The molecule has 0 saturated heterocycles. The van der Waals surface area contributed by atoms with Crippen LogP contribution in [0.1, 0.15) is 52.9 Å². The molecule has 174 valence electrons. The quantitative estimate of drug-likeness (QED) is 0.388. The van der Waals surface area contributed by atoms with E-state index < -0.39 is 17.4 Å². The highest BCUT2D eigenvalue weighted by atomic mass is 16.5. The number of carbonyl (C=O) groups excluding carboxylic acids is 3. The van der Waals surface area contributed by atoms with Crippen LogP contribution in [0.3, 0.4) is 0 Å². The van der Waals surface area contributed by atoms with Crippen molar-refractivity contribution >= 4 is 17.7 Å². The van der Waals surface area contributed by atoms with E-state index in [0.717, 1.165) is 31.3 Å². The third-order valence-electron chi connectivity index (χ3n) is 8.42. The molecule has 0 amide bonds. The summed E-state index contributed by atoms with van der Waals surface area (Å²) in [5.74, 6) is -1.83. The first-order valence-electron chi connectivity index (χ1n) is 11.4. The summed E-state index contributed by atoms with van der Waals surface area (Å²) in [7, 11) is 3.16. The summed E-state index contributed by atoms with van der Waals surface area (Å²) in [5, 5.41) is 14.1. The van der Waals surface area contributed by atoms with E-state index in [2.05, 4.69) is 12.2 Å². The Kier molecular flexibility index (Phi) is 6.96. The number of allylic oxidation sites excluding steroid dienone is 1. The fraction of sp³-hybridized carbons (Fsp3) is 0.792. The highest BCUT2D eigenvalue weighted by Crippen LogP contribution is 2.64. The standard InChI is InChI=1S/C24H37NO6/c1-14-15(13-17(26)31-12-11-25-4)7-8-16-18(14)19(27)20(28)21-23(16,2)9-6-10-24(21,3)22(29)30-5/h13-14,16,18-19,21,25,27H,6-12H2,1-5H3/t14-,16-,18-,19+,21+,23+,24-/m0/s1. The van der Waals surface area contributed by atoms with Gasteiger partial charge >= 0.3 is 11.9 Å². The number of ketones is 1. The van der Waals surface area contributed by atoms with E-state index in [-0.39, 0.29) is 40.9 Å². The topological polar surface area (TPSA) is 102 Å². The Balaban J connectivity index is 1.90. The third kappa shape index (κ3) is 3.95. The van der Waals surface area contributed by atoms with E-state index in [9.17, 15) is 19.5 Å². The van der Waals surface area contributed by atoms with Gasteiger partial charge in [-0.05, 0) is 56.9 Å². The third-order valence-corrected chi connectivity index (χ3v) is 8.42. The summed E-state index contributed by atoms with van der Waals surface area (Å²) < 4.78 is 10.3. The number of fused-ring (bicyclic) bond motifs is 3. The molecule has 7 atom stereocenters. The van der Waals surface area contributed by atoms with Crippen LogP contribution in [0.4, 0.5) is 0 Å². The number of hydrogen-bond acceptors (Lipinski definition) is 7. The predicted octanol–water partition coefficient (Wildman–Crippen LogP) is 2.27. The van der Waals surface area contributed by atoms with Crippen molar-refractivity contribution in [2.24, 2.45) is 34.5 Å².